The molecule has 2 aromatic rings. The molecule has 0 heterocycles. The number of carbonyl (C=O) groups excluding carboxylic acids is 2. The molecule has 1 aliphatic carbocycles. The van der Waals surface area contributed by atoms with Crippen molar-refractivity contribution in [2.45, 2.75) is 71.6 Å². The van der Waals surface area contributed by atoms with Gasteiger partial charge in [-0.25, -0.2) is 11.1 Å². The highest BCUT2D eigenvalue weighted by atomic mass is 16.4. The summed E-state index contributed by atoms with van der Waals surface area (Å²) in [5.41, 5.74) is 10.1. The molecule has 6 heteroatoms. The lowest BCUT2D eigenvalue weighted by molar-refractivity contribution is -0.670. The molecule has 0 unspecified atom stereocenters. The highest BCUT2D eigenvalue weighted by Gasteiger charge is 2.16. The lowest BCUT2D eigenvalue weighted by atomic mass is 9.91. The van der Waals surface area contributed by atoms with Crippen LogP contribution in [0.3, 0.4) is 0 Å². The number of ketones is 1. The summed E-state index contributed by atoms with van der Waals surface area (Å²) in [7, 11) is 0. The summed E-state index contributed by atoms with van der Waals surface area (Å²) in [4.78, 5) is 24.1. The molecule has 0 radical (unpaired) electrons. The van der Waals surface area contributed by atoms with Gasteiger partial charge < -0.3 is 11.1 Å². The number of quaternary nitrogens is 1. The third kappa shape index (κ3) is 8.76. The average molecular weight is 469 g/mol. The number of allylic oxidation sites excluding steroid dienone is 2. The molecule has 186 valence electrons. The first-order valence-corrected chi connectivity index (χ1v) is 12.3. The quantitative estimate of drug-likeness (QED) is 0.150. The zero-order valence-electron chi connectivity index (χ0n) is 21.0. The van der Waals surface area contributed by atoms with E-state index in [1.807, 2.05) is 32.9 Å². The lowest BCUT2D eigenvalue weighted by Crippen LogP contribution is -2.42. The molecule has 1 aliphatic rings. The van der Waals surface area contributed by atoms with E-state index in [4.69, 9.17) is 10.9 Å². The number of Topliss-reactive ketones (excluding diaryl/α,β-unsaturated/α-hetero) is 1. The van der Waals surface area contributed by atoms with Crippen LogP contribution >= 0.6 is 0 Å². The number of nitrogens with two attached hydrogens (primary N) is 1. The van der Waals surface area contributed by atoms with Crippen molar-refractivity contribution in [2.24, 2.45) is 5.73 Å². The van der Waals surface area contributed by atoms with Gasteiger partial charge in [0.25, 0.3) is 0 Å². The first-order valence-electron chi connectivity index (χ1n) is 12.3. The fraction of sp³-hybridized carbons (Fsp3) is 0.429. The van der Waals surface area contributed by atoms with Crippen LogP contribution < -0.4 is 16.9 Å². The minimum Gasteiger partial charge on any atom is -0.394 e. The molecule has 0 aromatic heterocycles. The van der Waals surface area contributed by atoms with E-state index >= 15 is 0 Å². The van der Waals surface area contributed by atoms with Gasteiger partial charge >= 0.3 is 0 Å². The second-order valence-corrected chi connectivity index (χ2v) is 8.20. The molecule has 1 fully saturated rings. The Balaban J connectivity index is 0.00000137. The van der Waals surface area contributed by atoms with Crippen LogP contribution in [0, 0.1) is 6.92 Å². The Labute approximate surface area is 204 Å². The SMILES string of the molecule is CC.Cc1ccccc1C(=O)/C(N)=C(\C=O)NCCc1ccc(C2CCCCCC2)cc1.[NH3+]O. The number of hydrogen-bond acceptors (Lipinski definition) is 5. The van der Waals surface area contributed by atoms with Crippen LogP contribution in [-0.2, 0) is 11.2 Å². The van der Waals surface area contributed by atoms with Gasteiger partial charge in [0.15, 0.2) is 6.29 Å². The summed E-state index contributed by atoms with van der Waals surface area (Å²) < 4.78 is 0. The summed E-state index contributed by atoms with van der Waals surface area (Å²) >= 11 is 0. The summed E-state index contributed by atoms with van der Waals surface area (Å²) in [6.45, 7) is 6.39. The van der Waals surface area contributed by atoms with Gasteiger partial charge in [-0.3, -0.25) is 9.59 Å². The number of aryl methyl sites for hydroxylation is 1. The number of hydrogen-bond donors (Lipinski definition) is 4. The molecular formula is C28H42N3O3+. The predicted molar refractivity (Wildman–Crippen MR) is 137 cm³/mol. The van der Waals surface area contributed by atoms with Gasteiger partial charge in [0, 0.05) is 12.1 Å². The molecule has 0 spiro atoms. The van der Waals surface area contributed by atoms with Gasteiger partial charge in [-0.05, 0) is 48.8 Å². The second-order valence-electron chi connectivity index (χ2n) is 8.20. The Hall–Kier alpha value is -2.96. The summed E-state index contributed by atoms with van der Waals surface area (Å²) in [5.74, 6) is 2.62. The highest BCUT2D eigenvalue weighted by Crippen LogP contribution is 2.31. The van der Waals surface area contributed by atoms with Crippen molar-refractivity contribution in [2.75, 3.05) is 6.54 Å². The van der Waals surface area contributed by atoms with Crippen molar-refractivity contribution in [3.63, 3.8) is 0 Å². The molecule has 0 amide bonds. The minimum absolute atomic E-state index is 0.0389. The van der Waals surface area contributed by atoms with Crippen LogP contribution in [0.2, 0.25) is 0 Å². The molecule has 6 nitrogen and oxygen atoms in total. The van der Waals surface area contributed by atoms with Crippen molar-refractivity contribution in [3.05, 3.63) is 82.2 Å². The highest BCUT2D eigenvalue weighted by molar-refractivity contribution is 6.11. The van der Waals surface area contributed by atoms with Crippen molar-refractivity contribution < 1.29 is 20.7 Å². The van der Waals surface area contributed by atoms with Crippen LogP contribution in [-0.4, -0.2) is 23.8 Å². The van der Waals surface area contributed by atoms with Crippen molar-refractivity contribution in [1.29, 1.82) is 0 Å². The molecule has 1 saturated carbocycles. The molecular weight excluding hydrogens is 426 g/mol. The Bertz CT molecular complexity index is 899. The van der Waals surface area contributed by atoms with E-state index in [0.717, 1.165) is 12.0 Å². The maximum Gasteiger partial charge on any atom is 0.211 e. The van der Waals surface area contributed by atoms with Crippen LogP contribution in [0.15, 0.2) is 59.9 Å². The zero-order chi connectivity index (χ0) is 25.3. The van der Waals surface area contributed by atoms with E-state index in [1.165, 1.54) is 49.7 Å². The van der Waals surface area contributed by atoms with E-state index in [0.29, 0.717) is 24.3 Å². The maximum absolute atomic E-state index is 12.6. The third-order valence-corrected chi connectivity index (χ3v) is 6.08. The Morgan fingerprint density at radius 3 is 2.18 bits per heavy atom. The van der Waals surface area contributed by atoms with Gasteiger partial charge in [-0.1, -0.05) is 88.1 Å². The topological polar surface area (TPSA) is 120 Å². The van der Waals surface area contributed by atoms with E-state index in [2.05, 4.69) is 35.5 Å². The summed E-state index contributed by atoms with van der Waals surface area (Å²) in [5, 5.41) is 9.79. The van der Waals surface area contributed by atoms with Gasteiger partial charge in [0.2, 0.25) is 5.78 Å². The largest absolute Gasteiger partial charge is 0.394 e. The Morgan fingerprint density at radius 1 is 1.03 bits per heavy atom. The number of benzene rings is 2. The summed E-state index contributed by atoms with van der Waals surface area (Å²) in [6, 6.07) is 16.1. The molecule has 7 N–H and O–H groups in total. The average Bonchev–Trinajstić information content (AvgIpc) is 3.19. The van der Waals surface area contributed by atoms with Crippen molar-refractivity contribution >= 4 is 12.1 Å². The monoisotopic (exact) mass is 468 g/mol. The fourth-order valence-electron chi connectivity index (χ4n) is 4.21. The first kappa shape index (κ1) is 29.1. The minimum atomic E-state index is -0.324. The zero-order valence-corrected chi connectivity index (χ0v) is 21.0. The Kier molecular flexibility index (Phi) is 14.2. The van der Waals surface area contributed by atoms with Crippen LogP contribution in [0.1, 0.15) is 85.3 Å². The normalized spacial score (nSPS) is 14.3. The van der Waals surface area contributed by atoms with E-state index < -0.39 is 0 Å². The second kappa shape index (κ2) is 16.6. The first-order chi connectivity index (χ1) is 16.6. The summed E-state index contributed by atoms with van der Waals surface area (Å²) in [6.07, 6.45) is 9.37. The van der Waals surface area contributed by atoms with Crippen LogP contribution in [0.25, 0.3) is 0 Å². The van der Waals surface area contributed by atoms with Gasteiger partial charge in [-0.2, -0.15) is 0 Å². The van der Waals surface area contributed by atoms with Gasteiger partial charge in [0.1, 0.15) is 11.4 Å². The third-order valence-electron chi connectivity index (χ3n) is 6.08. The molecule has 34 heavy (non-hydrogen) atoms. The number of nitrogens with one attached hydrogen (secondary N) is 1. The predicted octanol–water partition coefficient (Wildman–Crippen LogP) is 4.46. The molecule has 3 rings (SSSR count). The molecule has 0 atom stereocenters. The van der Waals surface area contributed by atoms with Crippen molar-refractivity contribution in [1.82, 2.24) is 5.32 Å². The van der Waals surface area contributed by atoms with E-state index in [-0.39, 0.29) is 17.2 Å². The maximum atomic E-state index is 12.6. The lowest BCUT2D eigenvalue weighted by Gasteiger charge is -2.15. The van der Waals surface area contributed by atoms with E-state index in [1.54, 1.807) is 12.1 Å². The smallest absolute Gasteiger partial charge is 0.211 e. The Morgan fingerprint density at radius 2 is 1.62 bits per heavy atom. The van der Waals surface area contributed by atoms with Gasteiger partial charge in [0.05, 0.1) is 0 Å². The van der Waals surface area contributed by atoms with Crippen molar-refractivity contribution in [3.8, 4) is 0 Å². The molecule has 2 aromatic carbocycles. The number of carbonyl (C=O) groups is 2. The molecule has 0 bridgehead atoms. The van der Waals surface area contributed by atoms with Gasteiger partial charge in [-0.15, -0.1) is 0 Å². The molecule has 0 saturated heterocycles. The van der Waals surface area contributed by atoms with Crippen LogP contribution in [0.5, 0.6) is 0 Å². The number of aldehydes is 1. The number of rotatable bonds is 8. The van der Waals surface area contributed by atoms with Crippen LogP contribution in [0.4, 0.5) is 0 Å². The standard InChI is InChI=1S/C26H32N2O2.C2H6.H4NO/c1-19-8-6-7-11-23(19)26(30)25(27)24(18-29)28-17-16-20-12-14-22(15-13-20)21-9-4-2-3-5-10-21;2*1-2/h6-8,11-15,18,21,28H,2-5,9-10,16-17,27H2,1H3;1-2H3;2H,1H3/q;;+1/b25-24-;;. The molecule has 0 aliphatic heterocycles. The van der Waals surface area contributed by atoms with E-state index in [9.17, 15) is 9.59 Å². The fourth-order valence-corrected chi connectivity index (χ4v) is 4.21.